The fourth-order valence-corrected chi connectivity index (χ4v) is 0.930. The van der Waals surface area contributed by atoms with Gasteiger partial charge in [-0.05, 0) is 11.2 Å². The zero-order valence-electron chi connectivity index (χ0n) is 5.04. The SMILES string of the molecule is O=Nc1c(F)cccc1P. The molecule has 1 aromatic carbocycles. The van der Waals surface area contributed by atoms with Crippen LogP contribution in [0.15, 0.2) is 23.4 Å². The highest BCUT2D eigenvalue weighted by Crippen LogP contribution is 2.15. The zero-order valence-corrected chi connectivity index (χ0v) is 6.20. The first-order chi connectivity index (χ1) is 4.75. The smallest absolute Gasteiger partial charge is 0.153 e. The maximum atomic E-state index is 12.5. The van der Waals surface area contributed by atoms with Crippen molar-refractivity contribution in [3.8, 4) is 0 Å². The topological polar surface area (TPSA) is 29.4 Å². The summed E-state index contributed by atoms with van der Waals surface area (Å²) in [4.78, 5) is 9.94. The Hall–Kier alpha value is -0.820. The van der Waals surface area contributed by atoms with Crippen LogP contribution in [0.25, 0.3) is 0 Å². The number of nitrogens with zero attached hydrogens (tertiary/aromatic N) is 1. The predicted octanol–water partition coefficient (Wildman–Crippen LogP) is 1.72. The van der Waals surface area contributed by atoms with Gasteiger partial charge in [-0.1, -0.05) is 12.1 Å². The molecular formula is C6H5FNOP. The Morgan fingerprint density at radius 2 is 2.20 bits per heavy atom. The second-order valence-electron chi connectivity index (χ2n) is 1.77. The molecule has 1 atom stereocenters. The molecule has 0 saturated heterocycles. The number of halogens is 1. The molecule has 4 heteroatoms. The van der Waals surface area contributed by atoms with Gasteiger partial charge < -0.3 is 0 Å². The van der Waals surface area contributed by atoms with Gasteiger partial charge in [0, 0.05) is 5.30 Å². The van der Waals surface area contributed by atoms with E-state index in [9.17, 15) is 9.30 Å². The summed E-state index contributed by atoms with van der Waals surface area (Å²) in [6.45, 7) is 0. The molecule has 0 fully saturated rings. The van der Waals surface area contributed by atoms with Crippen molar-refractivity contribution >= 4 is 20.2 Å². The first kappa shape index (κ1) is 7.29. The molecule has 1 rings (SSSR count). The molecule has 0 heterocycles. The normalized spacial score (nSPS) is 9.40. The second-order valence-corrected chi connectivity index (χ2v) is 2.39. The summed E-state index contributed by atoms with van der Waals surface area (Å²) in [6.07, 6.45) is 0. The van der Waals surface area contributed by atoms with Gasteiger partial charge in [-0.15, -0.1) is 14.1 Å². The van der Waals surface area contributed by atoms with E-state index in [4.69, 9.17) is 0 Å². The van der Waals surface area contributed by atoms with Gasteiger partial charge in [-0.3, -0.25) is 0 Å². The lowest BCUT2D eigenvalue weighted by Gasteiger charge is -1.94. The van der Waals surface area contributed by atoms with Crippen LogP contribution >= 0.6 is 9.24 Å². The van der Waals surface area contributed by atoms with Gasteiger partial charge in [0.25, 0.3) is 0 Å². The van der Waals surface area contributed by atoms with E-state index in [2.05, 4.69) is 14.4 Å². The van der Waals surface area contributed by atoms with Crippen LogP contribution < -0.4 is 5.30 Å². The lowest BCUT2D eigenvalue weighted by atomic mass is 10.3. The minimum atomic E-state index is -0.581. The fraction of sp³-hybridized carbons (Fsp3) is 0. The molecule has 2 nitrogen and oxygen atoms in total. The van der Waals surface area contributed by atoms with E-state index in [1.54, 1.807) is 6.07 Å². The zero-order chi connectivity index (χ0) is 7.56. The van der Waals surface area contributed by atoms with Gasteiger partial charge in [0.15, 0.2) is 11.5 Å². The molecule has 1 unspecified atom stereocenters. The van der Waals surface area contributed by atoms with Crippen LogP contribution in [0.1, 0.15) is 0 Å². The summed E-state index contributed by atoms with van der Waals surface area (Å²) in [5.41, 5.74) is -0.132. The maximum Gasteiger partial charge on any atom is 0.153 e. The van der Waals surface area contributed by atoms with Crippen LogP contribution in [0.5, 0.6) is 0 Å². The van der Waals surface area contributed by atoms with Crippen molar-refractivity contribution in [2.24, 2.45) is 5.18 Å². The van der Waals surface area contributed by atoms with Crippen LogP contribution in [0.2, 0.25) is 0 Å². The molecule has 0 radical (unpaired) electrons. The van der Waals surface area contributed by atoms with E-state index in [0.717, 1.165) is 0 Å². The first-order valence-electron chi connectivity index (χ1n) is 2.63. The van der Waals surface area contributed by atoms with Crippen molar-refractivity contribution in [1.82, 2.24) is 0 Å². The van der Waals surface area contributed by atoms with E-state index in [-0.39, 0.29) is 5.69 Å². The van der Waals surface area contributed by atoms with E-state index >= 15 is 0 Å². The van der Waals surface area contributed by atoms with Crippen LogP contribution in [0.4, 0.5) is 10.1 Å². The Morgan fingerprint density at radius 1 is 1.50 bits per heavy atom. The van der Waals surface area contributed by atoms with E-state index in [1.165, 1.54) is 12.1 Å². The summed E-state index contributed by atoms with van der Waals surface area (Å²) in [5, 5.41) is 3.01. The van der Waals surface area contributed by atoms with Gasteiger partial charge in [0.1, 0.15) is 0 Å². The Labute approximate surface area is 59.6 Å². The first-order valence-corrected chi connectivity index (χ1v) is 3.21. The average molecular weight is 157 g/mol. The Bertz CT molecular complexity index is 244. The number of nitroso groups, excluding NO2 is 1. The highest BCUT2D eigenvalue weighted by molar-refractivity contribution is 7.28. The van der Waals surface area contributed by atoms with E-state index in [0.29, 0.717) is 5.30 Å². The molecule has 0 aliphatic heterocycles. The third-order valence-electron chi connectivity index (χ3n) is 1.11. The second kappa shape index (κ2) is 2.84. The molecule has 0 aromatic heterocycles. The molecule has 0 saturated carbocycles. The van der Waals surface area contributed by atoms with E-state index in [1.807, 2.05) is 0 Å². The Balaban J connectivity index is 3.30. The van der Waals surface area contributed by atoms with Crippen molar-refractivity contribution < 1.29 is 4.39 Å². The highest BCUT2D eigenvalue weighted by Gasteiger charge is 2.03. The molecule has 0 spiro atoms. The summed E-state index contributed by atoms with van der Waals surface area (Å²) in [7, 11) is 2.23. The molecule has 0 amide bonds. The van der Waals surface area contributed by atoms with Crippen LogP contribution in [0, 0.1) is 10.7 Å². The van der Waals surface area contributed by atoms with Crippen molar-refractivity contribution in [3.05, 3.63) is 28.9 Å². The minimum absolute atomic E-state index is 0.132. The third-order valence-corrected chi connectivity index (χ3v) is 1.58. The van der Waals surface area contributed by atoms with Gasteiger partial charge in [0.2, 0.25) is 0 Å². The van der Waals surface area contributed by atoms with Crippen molar-refractivity contribution in [3.63, 3.8) is 0 Å². The summed E-state index contributed by atoms with van der Waals surface area (Å²) in [6, 6.07) is 4.32. The number of hydrogen-bond acceptors (Lipinski definition) is 2. The van der Waals surface area contributed by atoms with Gasteiger partial charge >= 0.3 is 0 Å². The van der Waals surface area contributed by atoms with Crippen LogP contribution in [0.3, 0.4) is 0 Å². The Kier molecular flexibility index (Phi) is 2.07. The Morgan fingerprint density at radius 3 is 2.60 bits per heavy atom. The third kappa shape index (κ3) is 1.19. The molecule has 1 aromatic rings. The molecule has 52 valence electrons. The average Bonchev–Trinajstić information content (AvgIpc) is 1.88. The van der Waals surface area contributed by atoms with E-state index < -0.39 is 5.82 Å². The van der Waals surface area contributed by atoms with Crippen molar-refractivity contribution in [1.29, 1.82) is 0 Å². The molecule has 0 aliphatic carbocycles. The van der Waals surface area contributed by atoms with Crippen LogP contribution in [-0.4, -0.2) is 0 Å². The minimum Gasteiger partial charge on any atom is -0.204 e. The summed E-state index contributed by atoms with van der Waals surface area (Å²) < 4.78 is 12.5. The van der Waals surface area contributed by atoms with Gasteiger partial charge in [0.05, 0.1) is 0 Å². The fourth-order valence-electron chi connectivity index (χ4n) is 0.628. The van der Waals surface area contributed by atoms with Gasteiger partial charge in [-0.2, -0.15) is 0 Å². The molecule has 0 aliphatic rings. The summed E-state index contributed by atoms with van der Waals surface area (Å²) in [5.74, 6) is -0.581. The highest BCUT2D eigenvalue weighted by atomic mass is 31.0. The number of benzene rings is 1. The largest absolute Gasteiger partial charge is 0.204 e. The molecule has 10 heavy (non-hydrogen) atoms. The standard InChI is InChI=1S/C6H5FNOP/c7-4-2-1-3-5(10)6(4)8-9/h1-3H,10H2. The number of rotatable bonds is 1. The lowest BCUT2D eigenvalue weighted by molar-refractivity contribution is 0.631. The van der Waals surface area contributed by atoms with Crippen molar-refractivity contribution in [2.75, 3.05) is 0 Å². The quantitative estimate of drug-likeness (QED) is 0.450. The summed E-state index contributed by atoms with van der Waals surface area (Å²) >= 11 is 0. The van der Waals surface area contributed by atoms with Crippen molar-refractivity contribution in [2.45, 2.75) is 0 Å². The lowest BCUT2D eigenvalue weighted by Crippen LogP contribution is -1.92. The van der Waals surface area contributed by atoms with Gasteiger partial charge in [-0.25, -0.2) is 4.39 Å². The van der Waals surface area contributed by atoms with Crippen LogP contribution in [-0.2, 0) is 0 Å². The molecule has 0 N–H and O–H groups in total. The monoisotopic (exact) mass is 157 g/mol. The number of hydrogen-bond donors (Lipinski definition) is 0. The predicted molar refractivity (Wildman–Crippen MR) is 41.2 cm³/mol. The molecular weight excluding hydrogens is 152 g/mol. The maximum absolute atomic E-state index is 12.5. The molecule has 0 bridgehead atoms.